The monoisotopic (exact) mass is 518 g/mol. The van der Waals surface area contributed by atoms with Gasteiger partial charge in [-0.3, -0.25) is 24.2 Å². The lowest BCUT2D eigenvalue weighted by Crippen LogP contribution is -2.42. The van der Waals surface area contributed by atoms with Gasteiger partial charge in [0, 0.05) is 31.5 Å². The molecule has 3 N–H and O–H groups in total. The molecule has 2 aromatic carbocycles. The number of aromatic nitrogens is 1. The Morgan fingerprint density at radius 3 is 2.26 bits per heavy atom. The van der Waals surface area contributed by atoms with E-state index < -0.39 is 28.8 Å². The smallest absolute Gasteiger partial charge is 0.305 e. The van der Waals surface area contributed by atoms with E-state index in [1.807, 2.05) is 6.92 Å². The van der Waals surface area contributed by atoms with Crippen molar-refractivity contribution >= 4 is 52.1 Å². The first-order valence-electron chi connectivity index (χ1n) is 10.9. The van der Waals surface area contributed by atoms with Gasteiger partial charge in [0.05, 0.1) is 28.2 Å². The number of rotatable bonds is 11. The van der Waals surface area contributed by atoms with E-state index in [0.29, 0.717) is 12.1 Å². The molecule has 0 aliphatic heterocycles. The van der Waals surface area contributed by atoms with Crippen LogP contribution < -0.4 is 26.4 Å². The van der Waals surface area contributed by atoms with Crippen molar-refractivity contribution < 1.29 is 14.7 Å². The Kier molecular flexibility index (Phi) is 8.48. The van der Waals surface area contributed by atoms with Crippen LogP contribution in [0.15, 0.2) is 46.2 Å². The first kappa shape index (κ1) is 26.2. The van der Waals surface area contributed by atoms with Gasteiger partial charge in [0.1, 0.15) is 11.4 Å². The van der Waals surface area contributed by atoms with Crippen molar-refractivity contribution in [3.8, 4) is 0 Å². The van der Waals surface area contributed by atoms with Crippen molar-refractivity contribution in [2.24, 2.45) is 0 Å². The number of halogens is 2. The van der Waals surface area contributed by atoms with E-state index in [1.165, 1.54) is 24.5 Å². The molecule has 184 valence electrons. The number of carboxylic acids is 1. The number of carbonyl (C=O) groups is 2. The molecule has 0 radical (unpaired) electrons. The number of amides is 1. The summed E-state index contributed by atoms with van der Waals surface area (Å²) in [6.45, 7) is 2.61. The molecule has 35 heavy (non-hydrogen) atoms. The van der Waals surface area contributed by atoms with Gasteiger partial charge >= 0.3 is 5.97 Å². The number of nitrogens with zero attached hydrogens (tertiary/aromatic N) is 2. The van der Waals surface area contributed by atoms with E-state index in [4.69, 9.17) is 23.2 Å². The van der Waals surface area contributed by atoms with Crippen molar-refractivity contribution in [3.05, 3.63) is 78.3 Å². The number of nitrogens with one attached hydrogen (secondary N) is 2. The van der Waals surface area contributed by atoms with E-state index in [-0.39, 0.29) is 39.1 Å². The molecule has 0 aliphatic rings. The van der Waals surface area contributed by atoms with E-state index >= 15 is 0 Å². The molecule has 0 saturated carbocycles. The molecule has 0 bridgehead atoms. The summed E-state index contributed by atoms with van der Waals surface area (Å²) in [5, 5.41) is 15.3. The van der Waals surface area contributed by atoms with Gasteiger partial charge in [-0.05, 0) is 24.1 Å². The molecule has 3 aromatic rings. The van der Waals surface area contributed by atoms with Gasteiger partial charge in [-0.15, -0.1) is 0 Å². The third kappa shape index (κ3) is 5.98. The zero-order chi connectivity index (χ0) is 25.7. The number of aliphatic carboxylic acids is 1. The van der Waals surface area contributed by atoms with E-state index in [2.05, 4.69) is 15.6 Å². The Bertz CT molecular complexity index is 1280. The number of hydrogen-bond donors (Lipinski definition) is 3. The van der Waals surface area contributed by atoms with Gasteiger partial charge in [0.25, 0.3) is 16.8 Å². The van der Waals surface area contributed by atoms with Crippen molar-refractivity contribution in [3.63, 3.8) is 0 Å². The highest BCUT2D eigenvalue weighted by atomic mass is 35.5. The second-order valence-electron chi connectivity index (χ2n) is 8.01. The number of benzene rings is 1. The first-order valence-corrected chi connectivity index (χ1v) is 11.6. The van der Waals surface area contributed by atoms with Crippen molar-refractivity contribution in [1.29, 1.82) is 0 Å². The fourth-order valence-corrected chi connectivity index (χ4v) is 4.03. The fraction of sp³-hybridized carbons (Fsp3) is 0.292. The molecule has 11 heteroatoms. The normalized spacial score (nSPS) is 11.8. The molecule has 0 fully saturated rings. The van der Waals surface area contributed by atoms with Crippen LogP contribution in [0.4, 0.5) is 17.1 Å². The van der Waals surface area contributed by atoms with Crippen LogP contribution in [0.25, 0.3) is 0 Å². The largest absolute Gasteiger partial charge is 0.481 e. The lowest BCUT2D eigenvalue weighted by molar-refractivity contribution is -0.137. The number of hydrogen-bond acceptors (Lipinski definition) is 7. The van der Waals surface area contributed by atoms with E-state index in [0.717, 1.165) is 12.8 Å². The predicted octanol–water partition coefficient (Wildman–Crippen LogP) is 4.10. The third-order valence-electron chi connectivity index (χ3n) is 5.48. The average Bonchev–Trinajstić information content (AvgIpc) is 2.83. The molecule has 1 aromatic heterocycles. The summed E-state index contributed by atoms with van der Waals surface area (Å²) in [6, 6.07) is 5.39. The lowest BCUT2D eigenvalue weighted by atomic mass is 10.00. The molecule has 1 amide bonds. The predicted molar refractivity (Wildman–Crippen MR) is 137 cm³/mol. The van der Waals surface area contributed by atoms with Gasteiger partial charge in [-0.25, -0.2) is 0 Å². The third-order valence-corrected chi connectivity index (χ3v) is 6.05. The Morgan fingerprint density at radius 2 is 1.69 bits per heavy atom. The molecule has 9 nitrogen and oxygen atoms in total. The van der Waals surface area contributed by atoms with Crippen molar-refractivity contribution in [1.82, 2.24) is 4.98 Å². The quantitative estimate of drug-likeness (QED) is 0.323. The second-order valence-corrected chi connectivity index (χ2v) is 8.82. The molecule has 0 spiro atoms. The summed E-state index contributed by atoms with van der Waals surface area (Å²) in [5.41, 5.74) is 0.105. The second kappa shape index (κ2) is 11.3. The van der Waals surface area contributed by atoms with Crippen LogP contribution in [0.5, 0.6) is 0 Å². The Hall–Kier alpha value is -3.43. The first-order chi connectivity index (χ1) is 16.6. The Morgan fingerprint density at radius 1 is 1.06 bits per heavy atom. The van der Waals surface area contributed by atoms with Gasteiger partial charge < -0.3 is 20.6 Å². The average molecular weight is 519 g/mol. The zero-order valence-electron chi connectivity index (χ0n) is 19.1. The van der Waals surface area contributed by atoms with Gasteiger partial charge in [-0.1, -0.05) is 48.7 Å². The van der Waals surface area contributed by atoms with Gasteiger partial charge in [0.15, 0.2) is 0 Å². The Balaban J connectivity index is 1.82. The maximum Gasteiger partial charge on any atom is 0.305 e. The van der Waals surface area contributed by atoms with Crippen LogP contribution in [-0.2, 0) is 4.79 Å². The number of anilines is 3. The zero-order valence-corrected chi connectivity index (χ0v) is 20.6. The molecule has 0 aliphatic carbocycles. The minimum absolute atomic E-state index is 0.101. The maximum atomic E-state index is 12.6. The van der Waals surface area contributed by atoms with Crippen molar-refractivity contribution in [2.45, 2.75) is 32.2 Å². The Labute approximate surface area is 211 Å². The highest BCUT2D eigenvalue weighted by molar-refractivity contribution is 6.39. The molecule has 1 unspecified atom stereocenters. The highest BCUT2D eigenvalue weighted by Crippen LogP contribution is 2.30. The van der Waals surface area contributed by atoms with E-state index in [1.54, 1.807) is 24.1 Å². The molecule has 0 saturated heterocycles. The van der Waals surface area contributed by atoms with Crippen LogP contribution in [0.3, 0.4) is 0 Å². The molecular weight excluding hydrogens is 495 g/mol. The number of unbranched alkanes of at least 4 members (excludes halogenated alkanes) is 1. The van der Waals surface area contributed by atoms with E-state index in [9.17, 15) is 24.3 Å². The van der Waals surface area contributed by atoms with Crippen LogP contribution in [0, 0.1) is 0 Å². The summed E-state index contributed by atoms with van der Waals surface area (Å²) in [6.07, 6.45) is 4.12. The summed E-state index contributed by atoms with van der Waals surface area (Å²) >= 11 is 12.1. The molecule has 1 heterocycles. The van der Waals surface area contributed by atoms with Crippen LogP contribution in [0.2, 0.25) is 10.0 Å². The minimum atomic E-state index is -1.09. The summed E-state index contributed by atoms with van der Waals surface area (Å²) < 4.78 is 0. The SMILES string of the molecule is CCCCN(C)c1c(NC(CC(=O)O)c2ccc(C(=O)Nc3c(Cl)cncc3Cl)cc2)c(=O)c1=O. The van der Waals surface area contributed by atoms with Crippen LogP contribution in [-0.4, -0.2) is 35.6 Å². The summed E-state index contributed by atoms with van der Waals surface area (Å²) in [5.74, 6) is -1.57. The number of carboxylic acid groups (broad SMARTS) is 1. The summed E-state index contributed by atoms with van der Waals surface area (Å²) in [7, 11) is 1.72. The highest BCUT2D eigenvalue weighted by Gasteiger charge is 2.27. The topological polar surface area (TPSA) is 129 Å². The molecular formula is C24H24Cl2N4O5. The number of carbonyl (C=O) groups excluding carboxylic acids is 1. The van der Waals surface area contributed by atoms with Crippen LogP contribution in [0.1, 0.15) is 48.1 Å². The minimum Gasteiger partial charge on any atom is -0.481 e. The van der Waals surface area contributed by atoms with Crippen molar-refractivity contribution in [2.75, 3.05) is 29.1 Å². The maximum absolute atomic E-state index is 12.6. The van der Waals surface area contributed by atoms with Gasteiger partial charge in [0.2, 0.25) is 0 Å². The summed E-state index contributed by atoms with van der Waals surface area (Å²) in [4.78, 5) is 54.1. The number of pyridine rings is 1. The standard InChI is InChI=1S/C24H24Cl2N4O5/c1-3-4-9-30(2)21-20(22(33)23(21)34)28-17(10-18(31)32)13-5-7-14(8-6-13)24(35)29-19-15(25)11-27-12-16(19)26/h5-8,11-12,17,28H,3-4,9-10H2,1-2H3,(H,31,32)(H,27,29,35). The molecule has 1 atom stereocenters. The van der Waals surface area contributed by atoms with Gasteiger partial charge in [-0.2, -0.15) is 0 Å². The van der Waals surface area contributed by atoms with Crippen LogP contribution >= 0.6 is 23.2 Å². The lowest BCUT2D eigenvalue weighted by Gasteiger charge is -2.26. The fourth-order valence-electron chi connectivity index (χ4n) is 3.57. The molecule has 3 rings (SSSR count).